The summed E-state index contributed by atoms with van der Waals surface area (Å²) in [7, 11) is -1.78. The Kier molecular flexibility index (Phi) is 4.31. The predicted molar refractivity (Wildman–Crippen MR) is 82.9 cm³/mol. The minimum absolute atomic E-state index is 0.0104. The number of nitrogens with zero attached hydrogens (tertiary/aromatic N) is 2. The van der Waals surface area contributed by atoms with E-state index in [9.17, 15) is 8.42 Å². The van der Waals surface area contributed by atoms with Gasteiger partial charge in [-0.3, -0.25) is 4.68 Å². The zero-order valence-corrected chi connectivity index (χ0v) is 14.1. The van der Waals surface area contributed by atoms with E-state index in [4.69, 9.17) is 4.74 Å². The number of aryl methyl sites for hydroxylation is 1. The summed E-state index contributed by atoms with van der Waals surface area (Å²) in [6.45, 7) is 2.69. The Balaban J connectivity index is 1.77. The molecule has 1 heterocycles. The molecule has 0 bridgehead atoms. The maximum absolute atomic E-state index is 12.5. The van der Waals surface area contributed by atoms with Crippen molar-refractivity contribution in [2.24, 2.45) is 12.5 Å². The van der Waals surface area contributed by atoms with Crippen molar-refractivity contribution in [1.29, 1.82) is 0 Å². The Bertz CT molecular complexity index is 620. The first-order valence-corrected chi connectivity index (χ1v) is 9.59. The fraction of sp³-hybridized carbons (Fsp3) is 0.800. The van der Waals surface area contributed by atoms with Crippen LogP contribution in [0, 0.1) is 5.41 Å². The van der Waals surface area contributed by atoms with Gasteiger partial charge in [0.1, 0.15) is 4.90 Å². The van der Waals surface area contributed by atoms with Crippen molar-refractivity contribution in [2.45, 2.75) is 62.5 Å². The Morgan fingerprint density at radius 2 is 2.14 bits per heavy atom. The number of sulfonamides is 1. The molecule has 1 aromatic heterocycles. The van der Waals surface area contributed by atoms with Crippen molar-refractivity contribution in [1.82, 2.24) is 14.5 Å². The monoisotopic (exact) mass is 327 g/mol. The van der Waals surface area contributed by atoms with Crippen LogP contribution in [-0.4, -0.2) is 37.0 Å². The fourth-order valence-corrected chi connectivity index (χ4v) is 5.34. The second kappa shape index (κ2) is 5.94. The van der Waals surface area contributed by atoms with Crippen LogP contribution in [0.3, 0.4) is 0 Å². The van der Waals surface area contributed by atoms with Gasteiger partial charge in [0.2, 0.25) is 10.0 Å². The van der Waals surface area contributed by atoms with Gasteiger partial charge in [-0.1, -0.05) is 19.3 Å². The largest absolute Gasteiger partial charge is 0.378 e. The van der Waals surface area contributed by atoms with E-state index in [1.807, 2.05) is 6.92 Å². The van der Waals surface area contributed by atoms with E-state index in [2.05, 4.69) is 9.82 Å². The molecule has 22 heavy (non-hydrogen) atoms. The molecule has 0 unspecified atom stereocenters. The first-order valence-electron chi connectivity index (χ1n) is 8.10. The van der Waals surface area contributed by atoms with Crippen molar-refractivity contribution in [2.75, 3.05) is 6.61 Å². The summed E-state index contributed by atoms with van der Waals surface area (Å²) in [6.07, 6.45) is 9.57. The minimum Gasteiger partial charge on any atom is -0.378 e. The van der Waals surface area contributed by atoms with Crippen molar-refractivity contribution in [3.8, 4) is 0 Å². The molecule has 124 valence electrons. The quantitative estimate of drug-likeness (QED) is 0.895. The molecule has 2 aliphatic carbocycles. The maximum atomic E-state index is 12.5. The van der Waals surface area contributed by atoms with Crippen LogP contribution in [0.15, 0.2) is 17.3 Å². The van der Waals surface area contributed by atoms with Crippen LogP contribution in [0.4, 0.5) is 0 Å². The third-order valence-electron chi connectivity index (χ3n) is 5.23. The number of aromatic nitrogens is 2. The molecule has 0 amide bonds. The predicted octanol–water partition coefficient (Wildman–Crippen LogP) is 1.83. The lowest BCUT2D eigenvalue weighted by molar-refractivity contribution is -0.144. The molecule has 0 aliphatic heterocycles. The summed E-state index contributed by atoms with van der Waals surface area (Å²) in [6, 6.07) is -0.0189. The van der Waals surface area contributed by atoms with Gasteiger partial charge in [0, 0.05) is 31.3 Å². The molecule has 0 aromatic carbocycles. The van der Waals surface area contributed by atoms with Crippen LogP contribution in [-0.2, 0) is 21.8 Å². The summed E-state index contributed by atoms with van der Waals surface area (Å²) in [4.78, 5) is 0.237. The lowest BCUT2D eigenvalue weighted by Crippen LogP contribution is -2.65. The van der Waals surface area contributed by atoms with Crippen molar-refractivity contribution >= 4 is 10.0 Å². The van der Waals surface area contributed by atoms with Gasteiger partial charge in [-0.2, -0.15) is 5.10 Å². The number of rotatable bonds is 5. The van der Waals surface area contributed by atoms with E-state index < -0.39 is 10.0 Å². The number of ether oxygens (including phenoxy) is 1. The summed E-state index contributed by atoms with van der Waals surface area (Å²) < 4.78 is 35.4. The van der Waals surface area contributed by atoms with Gasteiger partial charge in [-0.05, 0) is 26.2 Å². The lowest BCUT2D eigenvalue weighted by Gasteiger charge is -2.57. The van der Waals surface area contributed by atoms with Crippen LogP contribution < -0.4 is 4.72 Å². The standard InChI is InChI=1S/C15H25N3O3S/c1-3-21-14-9-13(15(14)7-5-4-6-8-15)17-22(19,20)12-10-16-18(2)11-12/h10-11,13-14,17H,3-9H2,1-2H3/t13-,14-/m0/s1. The van der Waals surface area contributed by atoms with Crippen LogP contribution >= 0.6 is 0 Å². The Morgan fingerprint density at radius 3 is 2.73 bits per heavy atom. The second-order valence-corrected chi connectivity index (χ2v) is 8.21. The van der Waals surface area contributed by atoms with Crippen molar-refractivity contribution < 1.29 is 13.2 Å². The van der Waals surface area contributed by atoms with E-state index in [-0.39, 0.29) is 22.5 Å². The van der Waals surface area contributed by atoms with E-state index >= 15 is 0 Å². The zero-order valence-electron chi connectivity index (χ0n) is 13.3. The maximum Gasteiger partial charge on any atom is 0.243 e. The first kappa shape index (κ1) is 16.0. The van der Waals surface area contributed by atoms with Gasteiger partial charge in [0.15, 0.2) is 0 Å². The molecule has 6 nitrogen and oxygen atoms in total. The Labute approximate surface area is 132 Å². The molecule has 7 heteroatoms. The highest BCUT2D eigenvalue weighted by atomic mass is 32.2. The van der Waals surface area contributed by atoms with Crippen LogP contribution in [0.1, 0.15) is 45.4 Å². The van der Waals surface area contributed by atoms with Crippen molar-refractivity contribution in [3.05, 3.63) is 12.4 Å². The van der Waals surface area contributed by atoms with Gasteiger partial charge < -0.3 is 4.74 Å². The van der Waals surface area contributed by atoms with Crippen LogP contribution in [0.5, 0.6) is 0 Å². The summed E-state index contributed by atoms with van der Waals surface area (Å²) >= 11 is 0. The number of hydrogen-bond donors (Lipinski definition) is 1. The summed E-state index contributed by atoms with van der Waals surface area (Å²) in [5, 5.41) is 3.96. The van der Waals surface area contributed by atoms with Gasteiger partial charge >= 0.3 is 0 Å². The molecule has 0 radical (unpaired) electrons. The zero-order chi connectivity index (χ0) is 15.8. The molecule has 2 fully saturated rings. The second-order valence-electron chi connectivity index (χ2n) is 6.50. The number of nitrogens with one attached hydrogen (secondary N) is 1. The summed E-state index contributed by atoms with van der Waals surface area (Å²) in [5.41, 5.74) is -0.0104. The van der Waals surface area contributed by atoms with E-state index in [1.54, 1.807) is 7.05 Å². The smallest absolute Gasteiger partial charge is 0.243 e. The van der Waals surface area contributed by atoms with E-state index in [1.165, 1.54) is 23.5 Å². The highest BCUT2D eigenvalue weighted by Crippen LogP contribution is 2.53. The molecular weight excluding hydrogens is 302 g/mol. The van der Waals surface area contributed by atoms with Crippen LogP contribution in [0.25, 0.3) is 0 Å². The normalized spacial score (nSPS) is 27.7. The molecule has 2 aliphatic rings. The SMILES string of the molecule is CCO[C@H]1C[C@H](NS(=O)(=O)c2cnn(C)c2)C12CCCCC2. The first-order chi connectivity index (χ1) is 10.5. The van der Waals surface area contributed by atoms with Gasteiger partial charge in [-0.25, -0.2) is 13.1 Å². The molecule has 1 aromatic rings. The molecule has 2 atom stereocenters. The average Bonchev–Trinajstić information content (AvgIpc) is 2.94. The van der Waals surface area contributed by atoms with E-state index in [0.717, 1.165) is 32.1 Å². The lowest BCUT2D eigenvalue weighted by atomic mass is 9.55. The van der Waals surface area contributed by atoms with Crippen LogP contribution in [0.2, 0.25) is 0 Å². The Hall–Kier alpha value is -0.920. The Morgan fingerprint density at radius 1 is 1.41 bits per heavy atom. The third-order valence-corrected chi connectivity index (χ3v) is 6.65. The van der Waals surface area contributed by atoms with Gasteiger partial charge in [0.25, 0.3) is 0 Å². The minimum atomic E-state index is -3.50. The molecule has 0 saturated heterocycles. The van der Waals surface area contributed by atoms with Gasteiger partial charge in [-0.15, -0.1) is 0 Å². The number of hydrogen-bond acceptors (Lipinski definition) is 4. The summed E-state index contributed by atoms with van der Waals surface area (Å²) in [5.74, 6) is 0. The van der Waals surface area contributed by atoms with Crippen molar-refractivity contribution in [3.63, 3.8) is 0 Å². The molecule has 2 saturated carbocycles. The topological polar surface area (TPSA) is 73.2 Å². The third kappa shape index (κ3) is 2.70. The highest BCUT2D eigenvalue weighted by molar-refractivity contribution is 7.89. The molecular formula is C15H25N3O3S. The fourth-order valence-electron chi connectivity index (χ4n) is 4.02. The highest BCUT2D eigenvalue weighted by Gasteiger charge is 2.56. The molecule has 1 spiro atoms. The van der Waals surface area contributed by atoms with Gasteiger partial charge in [0.05, 0.1) is 12.3 Å². The average molecular weight is 327 g/mol. The van der Waals surface area contributed by atoms with E-state index in [0.29, 0.717) is 6.61 Å². The molecule has 1 N–H and O–H groups in total. The molecule has 3 rings (SSSR count).